The van der Waals surface area contributed by atoms with E-state index in [1.54, 1.807) is 30.5 Å². The molecule has 9 nitrogen and oxygen atoms in total. The topological polar surface area (TPSA) is 98.8 Å². The van der Waals surface area contributed by atoms with Crippen molar-refractivity contribution in [2.75, 3.05) is 37.8 Å². The number of furan rings is 1. The van der Waals surface area contributed by atoms with Crippen LogP contribution in [0.3, 0.4) is 0 Å². The highest BCUT2D eigenvalue weighted by Gasteiger charge is 2.25. The number of halogens is 1. The largest absolute Gasteiger partial charge is 0.463 e. The third-order valence-corrected chi connectivity index (χ3v) is 6.57. The highest BCUT2D eigenvalue weighted by atomic mass is 35.5. The van der Waals surface area contributed by atoms with Gasteiger partial charge in [0.15, 0.2) is 5.76 Å². The second-order valence-electron chi connectivity index (χ2n) is 8.83. The Morgan fingerprint density at radius 1 is 1.14 bits per heavy atom. The number of amides is 1. The highest BCUT2D eigenvalue weighted by molar-refractivity contribution is 6.31. The molecule has 0 bridgehead atoms. The second-order valence-corrected chi connectivity index (χ2v) is 9.26. The number of rotatable bonds is 7. The van der Waals surface area contributed by atoms with E-state index in [2.05, 4.69) is 27.3 Å². The van der Waals surface area contributed by atoms with Gasteiger partial charge < -0.3 is 28.7 Å². The van der Waals surface area contributed by atoms with E-state index < -0.39 is 17.9 Å². The maximum Gasteiger partial charge on any atom is 0.302 e. The Morgan fingerprint density at radius 3 is 2.62 bits per heavy atom. The van der Waals surface area contributed by atoms with Crippen LogP contribution in [0.1, 0.15) is 29.3 Å². The maximum absolute atomic E-state index is 13.1. The van der Waals surface area contributed by atoms with Gasteiger partial charge in [-0.25, -0.2) is 4.98 Å². The van der Waals surface area contributed by atoms with Gasteiger partial charge >= 0.3 is 5.97 Å². The fourth-order valence-electron chi connectivity index (χ4n) is 4.42. The molecule has 0 spiro atoms. The van der Waals surface area contributed by atoms with Crippen molar-refractivity contribution in [1.82, 2.24) is 14.9 Å². The summed E-state index contributed by atoms with van der Waals surface area (Å²) in [6, 6.07) is 14.3. The Morgan fingerprint density at radius 2 is 1.89 bits per heavy atom. The number of carbonyl (C=O) groups excluding carboxylic acids is 2. The summed E-state index contributed by atoms with van der Waals surface area (Å²) in [4.78, 5) is 31.5. The summed E-state index contributed by atoms with van der Waals surface area (Å²) in [5, 5.41) is 4.16. The van der Waals surface area contributed by atoms with Crippen LogP contribution in [0.15, 0.2) is 59.1 Å². The molecule has 0 aliphatic carbocycles. The van der Waals surface area contributed by atoms with Crippen molar-refractivity contribution in [2.45, 2.75) is 13.0 Å². The summed E-state index contributed by atoms with van der Waals surface area (Å²) < 4.78 is 18.3. The lowest BCUT2D eigenvalue weighted by Gasteiger charge is -2.28. The van der Waals surface area contributed by atoms with E-state index in [0.717, 1.165) is 43.2 Å². The van der Waals surface area contributed by atoms with Gasteiger partial charge in [-0.3, -0.25) is 9.59 Å². The molecule has 1 fully saturated rings. The first kappa shape index (κ1) is 24.9. The summed E-state index contributed by atoms with van der Waals surface area (Å²) in [6.45, 7) is 4.43. The summed E-state index contributed by atoms with van der Waals surface area (Å²) >= 11 is 6.05. The van der Waals surface area contributed by atoms with Crippen LogP contribution in [0.2, 0.25) is 5.02 Å². The lowest BCUT2D eigenvalue weighted by atomic mass is 10.1. The summed E-state index contributed by atoms with van der Waals surface area (Å²) in [7, 11) is 1.86. The minimum Gasteiger partial charge on any atom is -0.463 e. The van der Waals surface area contributed by atoms with Crippen molar-refractivity contribution in [3.8, 4) is 11.3 Å². The van der Waals surface area contributed by atoms with Gasteiger partial charge in [0.05, 0.1) is 25.1 Å². The average molecular weight is 523 g/mol. The highest BCUT2D eigenvalue weighted by Crippen LogP contribution is 2.27. The summed E-state index contributed by atoms with van der Waals surface area (Å²) in [5.74, 6) is -0.242. The van der Waals surface area contributed by atoms with Crippen LogP contribution in [-0.4, -0.2) is 54.3 Å². The number of hydrogen-bond donors (Lipinski definition) is 1. The Labute approximate surface area is 218 Å². The number of carbonyl (C=O) groups is 2. The third-order valence-electron chi connectivity index (χ3n) is 6.34. The number of imidazole rings is 1. The lowest BCUT2D eigenvalue weighted by molar-refractivity contribution is -0.141. The van der Waals surface area contributed by atoms with Crippen molar-refractivity contribution < 1.29 is 23.5 Å². The Bertz CT molecular complexity index is 1420. The predicted molar refractivity (Wildman–Crippen MR) is 140 cm³/mol. The summed E-state index contributed by atoms with van der Waals surface area (Å²) in [5.41, 5.74) is 3.53. The number of nitrogens with one attached hydrogen (secondary N) is 1. The standard InChI is InChI=1S/C27H27ClN4O5/c1-17(33)36-16-22(30-27(34)25-14-19-13-20(28)5-8-24(19)37-25)26-29-15-23(31(26)2)18-3-6-21(7-4-18)32-9-11-35-12-10-32/h3-8,13-15,22H,9-12,16H2,1-2H3,(H,30,34). The first-order valence-electron chi connectivity index (χ1n) is 12.0. The number of morpholine rings is 1. The van der Waals surface area contributed by atoms with Crippen LogP contribution in [0.4, 0.5) is 5.69 Å². The van der Waals surface area contributed by atoms with Gasteiger partial charge in [0.1, 0.15) is 24.1 Å². The zero-order valence-corrected chi connectivity index (χ0v) is 21.3. The van der Waals surface area contributed by atoms with Crippen molar-refractivity contribution in [2.24, 2.45) is 7.05 Å². The molecular weight excluding hydrogens is 496 g/mol. The number of nitrogens with zero attached hydrogens (tertiary/aromatic N) is 3. The van der Waals surface area contributed by atoms with E-state index in [9.17, 15) is 9.59 Å². The van der Waals surface area contributed by atoms with E-state index in [1.165, 1.54) is 6.92 Å². The molecule has 0 radical (unpaired) electrons. The maximum atomic E-state index is 13.1. The molecule has 1 unspecified atom stereocenters. The van der Waals surface area contributed by atoms with Gasteiger partial charge in [0, 0.05) is 43.2 Å². The fraction of sp³-hybridized carbons (Fsp3) is 0.296. The summed E-state index contributed by atoms with van der Waals surface area (Å²) in [6.07, 6.45) is 1.75. The van der Waals surface area contributed by atoms with Gasteiger partial charge in [0.25, 0.3) is 5.91 Å². The first-order valence-corrected chi connectivity index (χ1v) is 12.3. The van der Waals surface area contributed by atoms with Gasteiger partial charge in [-0.1, -0.05) is 23.7 Å². The molecule has 37 heavy (non-hydrogen) atoms. The second kappa shape index (κ2) is 10.7. The van der Waals surface area contributed by atoms with Crippen molar-refractivity contribution in [3.63, 3.8) is 0 Å². The predicted octanol–water partition coefficient (Wildman–Crippen LogP) is 4.36. The molecule has 0 saturated carbocycles. The Kier molecular flexibility index (Phi) is 7.16. The van der Waals surface area contributed by atoms with Crippen LogP contribution in [0.25, 0.3) is 22.2 Å². The zero-order valence-electron chi connectivity index (χ0n) is 20.6. The number of ether oxygens (including phenoxy) is 2. The SMILES string of the molecule is CC(=O)OCC(NC(=O)c1cc2cc(Cl)ccc2o1)c1ncc(-c2ccc(N3CCOCC3)cc2)n1C. The molecule has 1 saturated heterocycles. The van der Waals surface area contributed by atoms with Crippen LogP contribution < -0.4 is 10.2 Å². The van der Waals surface area contributed by atoms with E-state index >= 15 is 0 Å². The van der Waals surface area contributed by atoms with Crippen LogP contribution in [0, 0.1) is 0 Å². The first-order chi connectivity index (χ1) is 17.9. The number of benzene rings is 2. The number of anilines is 1. The van der Waals surface area contributed by atoms with Crippen molar-refractivity contribution in [1.29, 1.82) is 0 Å². The number of aromatic nitrogens is 2. The lowest BCUT2D eigenvalue weighted by Crippen LogP contribution is -2.36. The van der Waals surface area contributed by atoms with Crippen LogP contribution >= 0.6 is 11.6 Å². The van der Waals surface area contributed by atoms with E-state index in [0.29, 0.717) is 21.8 Å². The minimum atomic E-state index is -0.695. The molecule has 4 aromatic rings. The van der Waals surface area contributed by atoms with Crippen LogP contribution in [0.5, 0.6) is 0 Å². The molecule has 1 aliphatic heterocycles. The van der Waals surface area contributed by atoms with E-state index in [1.807, 2.05) is 23.7 Å². The van der Waals surface area contributed by atoms with Gasteiger partial charge in [-0.05, 0) is 42.0 Å². The Balaban J connectivity index is 1.38. The van der Waals surface area contributed by atoms with Crippen molar-refractivity contribution in [3.05, 3.63) is 71.3 Å². The fourth-order valence-corrected chi connectivity index (χ4v) is 4.60. The van der Waals surface area contributed by atoms with E-state index in [-0.39, 0.29) is 12.4 Å². The molecule has 10 heteroatoms. The Hall–Kier alpha value is -3.82. The number of hydrogen-bond acceptors (Lipinski definition) is 7. The molecule has 3 heterocycles. The van der Waals surface area contributed by atoms with Gasteiger partial charge in [-0.15, -0.1) is 0 Å². The van der Waals surface area contributed by atoms with Gasteiger partial charge in [-0.2, -0.15) is 0 Å². The molecule has 1 amide bonds. The number of fused-ring (bicyclic) bond motifs is 1. The third kappa shape index (κ3) is 5.47. The molecule has 1 aliphatic rings. The molecule has 1 N–H and O–H groups in total. The molecule has 192 valence electrons. The van der Waals surface area contributed by atoms with E-state index in [4.69, 9.17) is 25.5 Å². The minimum absolute atomic E-state index is 0.0760. The smallest absolute Gasteiger partial charge is 0.302 e. The van der Waals surface area contributed by atoms with Gasteiger partial charge in [0.2, 0.25) is 0 Å². The number of esters is 1. The van der Waals surface area contributed by atoms with Crippen molar-refractivity contribution >= 4 is 40.1 Å². The monoisotopic (exact) mass is 522 g/mol. The molecule has 5 rings (SSSR count). The quantitative estimate of drug-likeness (QED) is 0.360. The molecule has 2 aromatic carbocycles. The zero-order chi connectivity index (χ0) is 25.9. The normalized spacial score (nSPS) is 14.5. The average Bonchev–Trinajstić information content (AvgIpc) is 3.50. The molecular formula is C27H27ClN4O5. The molecule has 2 aromatic heterocycles. The van der Waals surface area contributed by atoms with Crippen LogP contribution in [-0.2, 0) is 21.3 Å². The molecule has 1 atom stereocenters.